The minimum absolute atomic E-state index is 0.189. The topological polar surface area (TPSA) is 38.3 Å². The number of hydrogen-bond acceptors (Lipinski definition) is 3. The Hall–Kier alpha value is -1.56. The fraction of sp³-hybridized carbons (Fsp3) is 0.500. The maximum Gasteiger partial charge on any atom is 0.416 e. The number of carbonyl (C=O) groups excluding carboxylic acids is 1. The lowest BCUT2D eigenvalue weighted by Crippen LogP contribution is -2.43. The molecule has 0 aliphatic carbocycles. The van der Waals surface area contributed by atoms with Crippen molar-refractivity contribution in [3.8, 4) is 0 Å². The van der Waals surface area contributed by atoms with Crippen molar-refractivity contribution in [3.05, 3.63) is 35.4 Å². The first-order valence-corrected chi connectivity index (χ1v) is 6.43. The summed E-state index contributed by atoms with van der Waals surface area (Å²) < 4.78 is 43.7. The SMILES string of the molecule is COC(=O)C1CCCC(c2ccccc2C(F)(F)F)N1. The lowest BCUT2D eigenvalue weighted by atomic mass is 9.90. The summed E-state index contributed by atoms with van der Waals surface area (Å²) in [4.78, 5) is 11.5. The summed E-state index contributed by atoms with van der Waals surface area (Å²) in [6.07, 6.45) is -2.56. The average molecular weight is 287 g/mol. The number of methoxy groups -OCH3 is 1. The minimum Gasteiger partial charge on any atom is -0.468 e. The second-order valence-electron chi connectivity index (χ2n) is 4.81. The number of carbonyl (C=O) groups is 1. The molecule has 0 bridgehead atoms. The Bertz CT molecular complexity index is 488. The number of halogens is 3. The number of piperidine rings is 1. The highest BCUT2D eigenvalue weighted by Gasteiger charge is 2.37. The number of alkyl halides is 3. The van der Waals surface area contributed by atoms with Crippen LogP contribution in [0.15, 0.2) is 24.3 Å². The van der Waals surface area contributed by atoms with Gasteiger partial charge in [0.15, 0.2) is 0 Å². The molecule has 2 rings (SSSR count). The molecular formula is C14H16F3NO2. The zero-order valence-corrected chi connectivity index (χ0v) is 11.0. The van der Waals surface area contributed by atoms with Crippen molar-refractivity contribution in [3.63, 3.8) is 0 Å². The van der Waals surface area contributed by atoms with E-state index in [1.807, 2.05) is 0 Å². The van der Waals surface area contributed by atoms with Crippen LogP contribution in [0.2, 0.25) is 0 Å². The van der Waals surface area contributed by atoms with E-state index in [1.54, 1.807) is 6.07 Å². The van der Waals surface area contributed by atoms with Gasteiger partial charge in [0.1, 0.15) is 6.04 Å². The van der Waals surface area contributed by atoms with E-state index in [-0.39, 0.29) is 5.56 Å². The second-order valence-corrected chi connectivity index (χ2v) is 4.81. The van der Waals surface area contributed by atoms with Crippen molar-refractivity contribution in [2.75, 3.05) is 7.11 Å². The van der Waals surface area contributed by atoms with Crippen molar-refractivity contribution < 1.29 is 22.7 Å². The first-order valence-electron chi connectivity index (χ1n) is 6.43. The summed E-state index contributed by atoms with van der Waals surface area (Å²) >= 11 is 0. The molecule has 110 valence electrons. The van der Waals surface area contributed by atoms with Gasteiger partial charge in [-0.15, -0.1) is 0 Å². The highest BCUT2D eigenvalue weighted by molar-refractivity contribution is 5.75. The molecule has 1 aliphatic rings. The van der Waals surface area contributed by atoms with Crippen LogP contribution in [0.5, 0.6) is 0 Å². The van der Waals surface area contributed by atoms with Gasteiger partial charge in [-0.25, -0.2) is 0 Å². The Labute approximate surface area is 115 Å². The van der Waals surface area contributed by atoms with Crippen molar-refractivity contribution in [2.45, 2.75) is 37.5 Å². The van der Waals surface area contributed by atoms with E-state index in [4.69, 9.17) is 0 Å². The summed E-state index contributed by atoms with van der Waals surface area (Å²) in [5, 5.41) is 2.96. The van der Waals surface area contributed by atoms with Crippen LogP contribution in [0.1, 0.15) is 36.4 Å². The van der Waals surface area contributed by atoms with Gasteiger partial charge < -0.3 is 4.74 Å². The molecule has 2 unspecified atom stereocenters. The normalized spacial score (nSPS) is 23.4. The van der Waals surface area contributed by atoms with Crippen LogP contribution in [-0.4, -0.2) is 19.1 Å². The molecule has 20 heavy (non-hydrogen) atoms. The van der Waals surface area contributed by atoms with Gasteiger partial charge in [-0.1, -0.05) is 18.2 Å². The van der Waals surface area contributed by atoms with Crippen molar-refractivity contribution in [2.24, 2.45) is 0 Å². The molecule has 0 radical (unpaired) electrons. The molecule has 1 aliphatic heterocycles. The third-order valence-corrected chi connectivity index (χ3v) is 3.52. The smallest absolute Gasteiger partial charge is 0.416 e. The van der Waals surface area contributed by atoms with Gasteiger partial charge in [-0.05, 0) is 30.9 Å². The van der Waals surface area contributed by atoms with Gasteiger partial charge in [0.25, 0.3) is 0 Å². The first-order chi connectivity index (χ1) is 9.43. The predicted octanol–water partition coefficient (Wildman–Crippen LogP) is 3.06. The Morgan fingerprint density at radius 3 is 2.65 bits per heavy atom. The van der Waals surface area contributed by atoms with Gasteiger partial charge in [0.2, 0.25) is 0 Å². The van der Waals surface area contributed by atoms with Crippen LogP contribution in [0.4, 0.5) is 13.2 Å². The molecule has 0 aromatic heterocycles. The number of esters is 1. The molecule has 0 saturated carbocycles. The first kappa shape index (κ1) is 14.8. The number of ether oxygens (including phenoxy) is 1. The predicted molar refractivity (Wildman–Crippen MR) is 67.0 cm³/mol. The van der Waals surface area contributed by atoms with Crippen LogP contribution in [0, 0.1) is 0 Å². The summed E-state index contributed by atoms with van der Waals surface area (Å²) in [6.45, 7) is 0. The summed E-state index contributed by atoms with van der Waals surface area (Å²) in [7, 11) is 1.28. The molecule has 0 spiro atoms. The fourth-order valence-corrected chi connectivity index (χ4v) is 2.57. The number of hydrogen-bond donors (Lipinski definition) is 1. The zero-order chi connectivity index (χ0) is 14.8. The van der Waals surface area contributed by atoms with E-state index in [0.29, 0.717) is 19.3 Å². The highest BCUT2D eigenvalue weighted by atomic mass is 19.4. The monoisotopic (exact) mass is 287 g/mol. The molecular weight excluding hydrogens is 271 g/mol. The van der Waals surface area contributed by atoms with Crippen molar-refractivity contribution >= 4 is 5.97 Å². The number of rotatable bonds is 2. The van der Waals surface area contributed by atoms with Gasteiger partial charge in [-0.2, -0.15) is 13.2 Å². The molecule has 2 atom stereocenters. The molecule has 1 fully saturated rings. The van der Waals surface area contributed by atoms with E-state index in [1.165, 1.54) is 19.2 Å². The lowest BCUT2D eigenvalue weighted by Gasteiger charge is -2.31. The maximum atomic E-state index is 13.0. The summed E-state index contributed by atoms with van der Waals surface area (Å²) in [5.74, 6) is -0.431. The zero-order valence-electron chi connectivity index (χ0n) is 11.0. The van der Waals surface area contributed by atoms with Crippen molar-refractivity contribution in [1.82, 2.24) is 5.32 Å². The molecule has 1 aromatic carbocycles. The Morgan fingerprint density at radius 2 is 2.00 bits per heavy atom. The van der Waals surface area contributed by atoms with E-state index >= 15 is 0 Å². The van der Waals surface area contributed by atoms with Crippen molar-refractivity contribution in [1.29, 1.82) is 0 Å². The van der Waals surface area contributed by atoms with Crippen LogP contribution in [-0.2, 0) is 15.7 Å². The molecule has 1 N–H and O–H groups in total. The van der Waals surface area contributed by atoms with Crippen LogP contribution in [0.25, 0.3) is 0 Å². The Kier molecular flexibility index (Phi) is 4.32. The van der Waals surface area contributed by atoms with Gasteiger partial charge in [0, 0.05) is 6.04 Å². The quantitative estimate of drug-likeness (QED) is 0.850. The highest BCUT2D eigenvalue weighted by Crippen LogP contribution is 2.37. The van der Waals surface area contributed by atoms with E-state index in [0.717, 1.165) is 6.07 Å². The lowest BCUT2D eigenvalue weighted by molar-refractivity contribution is -0.144. The van der Waals surface area contributed by atoms with Gasteiger partial charge in [-0.3, -0.25) is 10.1 Å². The molecule has 1 saturated heterocycles. The van der Waals surface area contributed by atoms with Gasteiger partial charge in [0.05, 0.1) is 12.7 Å². The van der Waals surface area contributed by atoms with E-state index in [9.17, 15) is 18.0 Å². The average Bonchev–Trinajstić information content (AvgIpc) is 2.45. The third-order valence-electron chi connectivity index (χ3n) is 3.52. The standard InChI is InChI=1S/C14H16F3NO2/c1-20-13(19)12-8-4-7-11(18-12)9-5-2-3-6-10(9)14(15,16)17/h2-3,5-6,11-12,18H,4,7-8H2,1H3. The largest absolute Gasteiger partial charge is 0.468 e. The van der Waals surface area contributed by atoms with E-state index < -0.39 is 29.8 Å². The van der Waals surface area contributed by atoms with Crippen LogP contribution >= 0.6 is 0 Å². The van der Waals surface area contributed by atoms with Crippen LogP contribution in [0.3, 0.4) is 0 Å². The third kappa shape index (κ3) is 3.12. The Morgan fingerprint density at radius 1 is 1.30 bits per heavy atom. The second kappa shape index (κ2) is 5.83. The molecule has 3 nitrogen and oxygen atoms in total. The number of benzene rings is 1. The Balaban J connectivity index is 2.26. The van der Waals surface area contributed by atoms with Gasteiger partial charge >= 0.3 is 12.1 Å². The molecule has 1 heterocycles. The molecule has 1 aromatic rings. The van der Waals surface area contributed by atoms with Crippen LogP contribution < -0.4 is 5.32 Å². The fourth-order valence-electron chi connectivity index (χ4n) is 2.57. The number of nitrogens with one attached hydrogen (secondary N) is 1. The maximum absolute atomic E-state index is 13.0. The summed E-state index contributed by atoms with van der Waals surface area (Å²) in [5.41, 5.74) is -0.461. The minimum atomic E-state index is -4.39. The van der Waals surface area contributed by atoms with E-state index in [2.05, 4.69) is 10.1 Å². The molecule has 0 amide bonds. The summed E-state index contributed by atoms with van der Waals surface area (Å²) in [6, 6.07) is 4.45. The molecule has 6 heteroatoms.